The minimum atomic E-state index is 0.634. The Kier molecular flexibility index (Phi) is 4.28. The highest BCUT2D eigenvalue weighted by molar-refractivity contribution is 4.96. The molecule has 0 radical (unpaired) electrons. The molecule has 1 saturated heterocycles. The van der Waals surface area contributed by atoms with Crippen LogP contribution in [0.5, 0.6) is 0 Å². The van der Waals surface area contributed by atoms with Crippen molar-refractivity contribution in [2.75, 3.05) is 25.1 Å². The van der Waals surface area contributed by atoms with E-state index in [1.54, 1.807) is 0 Å². The van der Waals surface area contributed by atoms with Crippen LogP contribution in [-0.2, 0) is 0 Å². The molecule has 0 bridgehead atoms. The Labute approximate surface area is 98.4 Å². The molecule has 2 heterocycles. The molecule has 0 amide bonds. The molecule has 0 aliphatic carbocycles. The minimum absolute atomic E-state index is 0.634. The van der Waals surface area contributed by atoms with E-state index < -0.39 is 0 Å². The van der Waals surface area contributed by atoms with E-state index in [1.807, 2.05) is 0 Å². The molecule has 90 valence electrons. The molecule has 0 aromatic carbocycles. The molecular formula is C13H23N3. The number of nitrogens with one attached hydrogen (secondary N) is 1. The largest absolute Gasteiger partial charge is 0.323 e. The third-order valence-electron chi connectivity index (χ3n) is 3.30. The Balaban J connectivity index is 1.80. The van der Waals surface area contributed by atoms with Crippen molar-refractivity contribution in [3.63, 3.8) is 0 Å². The Morgan fingerprint density at radius 3 is 2.75 bits per heavy atom. The Bertz CT molecular complexity index is 281. The summed E-state index contributed by atoms with van der Waals surface area (Å²) in [5, 5.41) is 0. The topological polar surface area (TPSA) is 20.2 Å². The summed E-state index contributed by atoms with van der Waals surface area (Å²) in [5.74, 6) is 0. The smallest absolute Gasteiger partial charge is 0.0437 e. The number of rotatable bonds is 4. The molecule has 1 fully saturated rings. The molecule has 1 atom stereocenters. The average Bonchev–Trinajstić information content (AvgIpc) is 2.68. The fourth-order valence-corrected chi connectivity index (χ4v) is 2.46. The summed E-state index contributed by atoms with van der Waals surface area (Å²) in [5.41, 5.74) is 3.55. The number of aromatic nitrogens is 1. The maximum atomic E-state index is 3.55. The van der Waals surface area contributed by atoms with Gasteiger partial charge in [0.2, 0.25) is 0 Å². The average molecular weight is 221 g/mol. The summed E-state index contributed by atoms with van der Waals surface area (Å²) in [6.07, 6.45) is 9.30. The second kappa shape index (κ2) is 5.94. The van der Waals surface area contributed by atoms with Crippen molar-refractivity contribution in [2.45, 2.75) is 38.6 Å². The third-order valence-corrected chi connectivity index (χ3v) is 3.30. The molecule has 16 heavy (non-hydrogen) atoms. The highest BCUT2D eigenvalue weighted by atomic mass is 15.4. The second-order valence-electron chi connectivity index (χ2n) is 4.69. The maximum Gasteiger partial charge on any atom is 0.0437 e. The highest BCUT2D eigenvalue weighted by Crippen LogP contribution is 2.12. The van der Waals surface area contributed by atoms with Crippen LogP contribution in [0.3, 0.4) is 0 Å². The van der Waals surface area contributed by atoms with Crippen molar-refractivity contribution < 1.29 is 0 Å². The first kappa shape index (κ1) is 11.5. The van der Waals surface area contributed by atoms with Crippen LogP contribution in [0.25, 0.3) is 0 Å². The van der Waals surface area contributed by atoms with Crippen molar-refractivity contribution in [1.29, 1.82) is 0 Å². The maximum absolute atomic E-state index is 3.55. The molecule has 1 N–H and O–H groups in total. The van der Waals surface area contributed by atoms with Crippen LogP contribution in [0.2, 0.25) is 0 Å². The minimum Gasteiger partial charge on any atom is -0.323 e. The van der Waals surface area contributed by atoms with E-state index in [4.69, 9.17) is 0 Å². The zero-order chi connectivity index (χ0) is 11.2. The highest BCUT2D eigenvalue weighted by Gasteiger charge is 2.15. The van der Waals surface area contributed by atoms with Gasteiger partial charge >= 0.3 is 0 Å². The molecule has 0 spiro atoms. The second-order valence-corrected chi connectivity index (χ2v) is 4.69. The van der Waals surface area contributed by atoms with Crippen LogP contribution in [0, 0.1) is 0 Å². The molecule has 0 saturated carbocycles. The first-order chi connectivity index (χ1) is 7.88. The summed E-state index contributed by atoms with van der Waals surface area (Å²) in [4.78, 5) is 2.59. The van der Waals surface area contributed by atoms with Gasteiger partial charge in [0, 0.05) is 25.0 Å². The SMILES string of the molecule is CCCN1CCCC(Nn2cccc2)CC1. The van der Waals surface area contributed by atoms with Crippen LogP contribution in [0.15, 0.2) is 24.5 Å². The summed E-state index contributed by atoms with van der Waals surface area (Å²) in [6.45, 7) is 6.04. The van der Waals surface area contributed by atoms with E-state index >= 15 is 0 Å². The molecule has 1 aromatic rings. The standard InChI is InChI=1S/C13H23N3/c1-2-8-15-9-5-6-13(7-12-15)14-16-10-3-4-11-16/h3-4,10-11,13-14H,2,5-9,12H2,1H3. The number of hydrogen-bond donors (Lipinski definition) is 1. The fourth-order valence-electron chi connectivity index (χ4n) is 2.46. The van der Waals surface area contributed by atoms with Crippen molar-refractivity contribution in [3.05, 3.63) is 24.5 Å². The molecule has 1 aliphatic rings. The summed E-state index contributed by atoms with van der Waals surface area (Å²) >= 11 is 0. The molecule has 1 aromatic heterocycles. The van der Waals surface area contributed by atoms with Gasteiger partial charge in [0.1, 0.15) is 0 Å². The molecule has 2 rings (SSSR count). The van der Waals surface area contributed by atoms with Gasteiger partial charge in [-0.05, 0) is 50.9 Å². The van der Waals surface area contributed by atoms with Gasteiger partial charge in [-0.15, -0.1) is 0 Å². The van der Waals surface area contributed by atoms with E-state index in [-0.39, 0.29) is 0 Å². The van der Waals surface area contributed by atoms with Gasteiger partial charge in [-0.25, -0.2) is 0 Å². The van der Waals surface area contributed by atoms with Gasteiger partial charge in [-0.2, -0.15) is 0 Å². The fraction of sp³-hybridized carbons (Fsp3) is 0.692. The predicted octanol–water partition coefficient (Wildman–Crippen LogP) is 2.30. The zero-order valence-electron chi connectivity index (χ0n) is 10.2. The van der Waals surface area contributed by atoms with Crippen LogP contribution in [0.4, 0.5) is 0 Å². The Hall–Kier alpha value is -0.960. The quantitative estimate of drug-likeness (QED) is 0.842. The number of likely N-dealkylation sites (tertiary alicyclic amines) is 1. The summed E-state index contributed by atoms with van der Waals surface area (Å²) < 4.78 is 2.08. The van der Waals surface area contributed by atoms with E-state index in [0.717, 1.165) is 0 Å². The first-order valence-electron chi connectivity index (χ1n) is 6.50. The molecule has 3 heteroatoms. The van der Waals surface area contributed by atoms with Crippen molar-refractivity contribution >= 4 is 0 Å². The van der Waals surface area contributed by atoms with Gasteiger partial charge in [0.15, 0.2) is 0 Å². The van der Waals surface area contributed by atoms with Crippen LogP contribution in [0.1, 0.15) is 32.6 Å². The van der Waals surface area contributed by atoms with Crippen molar-refractivity contribution in [3.8, 4) is 0 Å². The van der Waals surface area contributed by atoms with E-state index in [9.17, 15) is 0 Å². The monoisotopic (exact) mass is 221 g/mol. The van der Waals surface area contributed by atoms with Gasteiger partial charge in [-0.3, -0.25) is 4.68 Å². The molecule has 3 nitrogen and oxygen atoms in total. The van der Waals surface area contributed by atoms with Crippen molar-refractivity contribution in [2.24, 2.45) is 0 Å². The lowest BCUT2D eigenvalue weighted by molar-refractivity contribution is 0.284. The van der Waals surface area contributed by atoms with E-state index in [2.05, 4.69) is 46.5 Å². The lowest BCUT2D eigenvalue weighted by Crippen LogP contribution is -2.29. The normalized spacial score (nSPS) is 22.9. The first-order valence-corrected chi connectivity index (χ1v) is 6.50. The number of nitrogens with zero attached hydrogens (tertiary/aromatic N) is 2. The van der Waals surface area contributed by atoms with Crippen LogP contribution in [-0.4, -0.2) is 35.3 Å². The van der Waals surface area contributed by atoms with Gasteiger partial charge in [0.05, 0.1) is 0 Å². The van der Waals surface area contributed by atoms with E-state index in [1.165, 1.54) is 45.3 Å². The lowest BCUT2D eigenvalue weighted by Gasteiger charge is -2.20. The third kappa shape index (κ3) is 3.27. The molecule has 1 aliphatic heterocycles. The van der Waals surface area contributed by atoms with Gasteiger partial charge in [0.25, 0.3) is 0 Å². The summed E-state index contributed by atoms with van der Waals surface area (Å²) in [6, 6.07) is 4.76. The van der Waals surface area contributed by atoms with Crippen LogP contribution >= 0.6 is 0 Å². The van der Waals surface area contributed by atoms with Crippen LogP contribution < -0.4 is 5.43 Å². The predicted molar refractivity (Wildman–Crippen MR) is 68.2 cm³/mol. The summed E-state index contributed by atoms with van der Waals surface area (Å²) in [7, 11) is 0. The van der Waals surface area contributed by atoms with E-state index in [0.29, 0.717) is 6.04 Å². The Morgan fingerprint density at radius 1 is 1.19 bits per heavy atom. The molecule has 1 unspecified atom stereocenters. The zero-order valence-corrected chi connectivity index (χ0v) is 10.2. The molecular weight excluding hydrogens is 198 g/mol. The van der Waals surface area contributed by atoms with Crippen molar-refractivity contribution in [1.82, 2.24) is 9.58 Å². The van der Waals surface area contributed by atoms with Gasteiger partial charge < -0.3 is 10.3 Å². The Morgan fingerprint density at radius 2 is 2.00 bits per heavy atom. The lowest BCUT2D eigenvalue weighted by atomic mass is 10.1. The van der Waals surface area contributed by atoms with Gasteiger partial charge in [-0.1, -0.05) is 6.92 Å². The number of hydrogen-bond acceptors (Lipinski definition) is 2.